The van der Waals surface area contributed by atoms with Crippen LogP contribution in [0.3, 0.4) is 0 Å². The molecule has 0 aliphatic rings. The summed E-state index contributed by atoms with van der Waals surface area (Å²) in [5.74, 6) is -2.99. The third-order valence-electron chi connectivity index (χ3n) is 1.79. The molecule has 0 aliphatic carbocycles. The molecule has 4 heteroatoms. The highest BCUT2D eigenvalue weighted by atomic mass is 19.2. The smallest absolute Gasteiger partial charge is 0.307 e. The van der Waals surface area contributed by atoms with Crippen molar-refractivity contribution in [3.8, 4) is 0 Å². The van der Waals surface area contributed by atoms with Gasteiger partial charge in [-0.25, -0.2) is 8.78 Å². The normalized spacial score (nSPS) is 10.1. The monoisotopic (exact) mass is 186 g/mol. The highest BCUT2D eigenvalue weighted by Crippen LogP contribution is 2.16. The van der Waals surface area contributed by atoms with Crippen molar-refractivity contribution < 1.29 is 18.7 Å². The van der Waals surface area contributed by atoms with Gasteiger partial charge in [-0.2, -0.15) is 0 Å². The standard InChI is InChI=1S/C9H8F2O2/c1-5-6(4-8(12)13)2-3-7(10)9(5)11/h2-3H,4H2,1H3,(H,12,13). The Bertz CT molecular complexity index is 348. The van der Waals surface area contributed by atoms with E-state index in [1.807, 2.05) is 0 Å². The summed E-state index contributed by atoms with van der Waals surface area (Å²) in [6.45, 7) is 1.36. The Hall–Kier alpha value is -1.45. The molecule has 1 N–H and O–H groups in total. The third-order valence-corrected chi connectivity index (χ3v) is 1.79. The van der Waals surface area contributed by atoms with Crippen LogP contribution in [0.4, 0.5) is 8.78 Å². The summed E-state index contributed by atoms with van der Waals surface area (Å²) in [6, 6.07) is 2.21. The van der Waals surface area contributed by atoms with Gasteiger partial charge in [0, 0.05) is 0 Å². The first-order valence-electron chi connectivity index (χ1n) is 3.67. The van der Waals surface area contributed by atoms with Crippen molar-refractivity contribution in [2.45, 2.75) is 13.3 Å². The molecular formula is C9H8F2O2. The summed E-state index contributed by atoms with van der Waals surface area (Å²) < 4.78 is 25.4. The van der Waals surface area contributed by atoms with Gasteiger partial charge in [0.2, 0.25) is 0 Å². The molecule has 0 unspecified atom stereocenters. The maximum absolute atomic E-state index is 12.9. The first-order valence-corrected chi connectivity index (χ1v) is 3.67. The predicted octanol–water partition coefficient (Wildman–Crippen LogP) is 1.90. The molecule has 0 atom stereocenters. The highest BCUT2D eigenvalue weighted by molar-refractivity contribution is 5.70. The predicted molar refractivity (Wildman–Crippen MR) is 42.4 cm³/mol. The Morgan fingerprint density at radius 2 is 2.08 bits per heavy atom. The maximum atomic E-state index is 12.9. The molecule has 1 aromatic carbocycles. The summed E-state index contributed by atoms with van der Waals surface area (Å²) in [4.78, 5) is 10.3. The number of aliphatic carboxylic acids is 1. The van der Waals surface area contributed by atoms with E-state index in [2.05, 4.69) is 0 Å². The minimum atomic E-state index is -1.06. The Labute approximate surface area is 73.8 Å². The third kappa shape index (κ3) is 2.02. The number of hydrogen-bond donors (Lipinski definition) is 1. The maximum Gasteiger partial charge on any atom is 0.307 e. The second-order valence-electron chi connectivity index (χ2n) is 2.72. The van der Waals surface area contributed by atoms with Gasteiger partial charge in [-0.15, -0.1) is 0 Å². The Kier molecular flexibility index (Phi) is 2.60. The fourth-order valence-corrected chi connectivity index (χ4v) is 1.05. The molecule has 1 rings (SSSR count). The summed E-state index contributed by atoms with van der Waals surface area (Å²) >= 11 is 0. The van der Waals surface area contributed by atoms with E-state index in [9.17, 15) is 13.6 Å². The molecule has 0 amide bonds. The van der Waals surface area contributed by atoms with E-state index >= 15 is 0 Å². The molecule has 0 heterocycles. The number of carbonyl (C=O) groups is 1. The van der Waals surface area contributed by atoms with Crippen LogP contribution in [0.2, 0.25) is 0 Å². The zero-order valence-electron chi connectivity index (χ0n) is 6.97. The lowest BCUT2D eigenvalue weighted by Gasteiger charge is -2.04. The van der Waals surface area contributed by atoms with Crippen molar-refractivity contribution in [1.82, 2.24) is 0 Å². The minimum Gasteiger partial charge on any atom is -0.481 e. The van der Waals surface area contributed by atoms with E-state index in [1.54, 1.807) is 0 Å². The van der Waals surface area contributed by atoms with E-state index < -0.39 is 17.6 Å². The van der Waals surface area contributed by atoms with Gasteiger partial charge >= 0.3 is 5.97 Å². The average molecular weight is 186 g/mol. The van der Waals surface area contributed by atoms with Gasteiger partial charge < -0.3 is 5.11 Å². The summed E-state index contributed by atoms with van der Waals surface area (Å²) in [5, 5.41) is 8.44. The van der Waals surface area contributed by atoms with Crippen molar-refractivity contribution >= 4 is 5.97 Å². The molecule has 2 nitrogen and oxygen atoms in total. The van der Waals surface area contributed by atoms with E-state index in [1.165, 1.54) is 13.0 Å². The summed E-state index contributed by atoms with van der Waals surface area (Å²) in [6.07, 6.45) is -0.289. The molecule has 0 radical (unpaired) electrons. The highest BCUT2D eigenvalue weighted by Gasteiger charge is 2.11. The number of halogens is 2. The lowest BCUT2D eigenvalue weighted by molar-refractivity contribution is -0.136. The lowest BCUT2D eigenvalue weighted by atomic mass is 10.1. The van der Waals surface area contributed by atoms with Crippen molar-refractivity contribution in [3.05, 3.63) is 34.9 Å². The molecule has 0 saturated carbocycles. The second-order valence-corrected chi connectivity index (χ2v) is 2.72. The van der Waals surface area contributed by atoms with Crippen LogP contribution in [0.15, 0.2) is 12.1 Å². The second kappa shape index (κ2) is 3.51. The van der Waals surface area contributed by atoms with Crippen LogP contribution in [0.5, 0.6) is 0 Å². The molecule has 70 valence electrons. The van der Waals surface area contributed by atoms with E-state index in [-0.39, 0.29) is 12.0 Å². The topological polar surface area (TPSA) is 37.3 Å². The Morgan fingerprint density at radius 3 is 2.62 bits per heavy atom. The van der Waals surface area contributed by atoms with Gasteiger partial charge in [0.25, 0.3) is 0 Å². The largest absolute Gasteiger partial charge is 0.481 e. The SMILES string of the molecule is Cc1c(CC(=O)O)ccc(F)c1F. The van der Waals surface area contributed by atoms with Gasteiger partial charge in [-0.05, 0) is 24.1 Å². The van der Waals surface area contributed by atoms with Crippen molar-refractivity contribution in [1.29, 1.82) is 0 Å². The van der Waals surface area contributed by atoms with E-state index in [0.717, 1.165) is 6.07 Å². The van der Waals surface area contributed by atoms with Crippen LogP contribution in [0.25, 0.3) is 0 Å². The fourth-order valence-electron chi connectivity index (χ4n) is 1.05. The van der Waals surface area contributed by atoms with E-state index in [0.29, 0.717) is 5.56 Å². The first-order chi connectivity index (χ1) is 6.02. The van der Waals surface area contributed by atoms with Crippen molar-refractivity contribution in [2.75, 3.05) is 0 Å². The van der Waals surface area contributed by atoms with Gasteiger partial charge in [0.15, 0.2) is 11.6 Å². The van der Waals surface area contributed by atoms with Gasteiger partial charge in [0.05, 0.1) is 6.42 Å². The van der Waals surface area contributed by atoms with Crippen LogP contribution in [0.1, 0.15) is 11.1 Å². The van der Waals surface area contributed by atoms with Crippen LogP contribution in [-0.4, -0.2) is 11.1 Å². The van der Waals surface area contributed by atoms with Crippen LogP contribution < -0.4 is 0 Å². The van der Waals surface area contributed by atoms with E-state index in [4.69, 9.17) is 5.11 Å². The molecule has 0 spiro atoms. The van der Waals surface area contributed by atoms with Gasteiger partial charge in [0.1, 0.15) is 0 Å². The van der Waals surface area contributed by atoms with Crippen LogP contribution in [-0.2, 0) is 11.2 Å². The number of carboxylic acids is 1. The Balaban J connectivity index is 3.10. The number of carboxylic acid groups (broad SMARTS) is 1. The molecule has 0 aromatic heterocycles. The Morgan fingerprint density at radius 1 is 1.46 bits per heavy atom. The fraction of sp³-hybridized carbons (Fsp3) is 0.222. The summed E-state index contributed by atoms with van der Waals surface area (Å²) in [7, 11) is 0. The lowest BCUT2D eigenvalue weighted by Crippen LogP contribution is -2.04. The number of rotatable bonds is 2. The molecule has 13 heavy (non-hydrogen) atoms. The van der Waals surface area contributed by atoms with Crippen LogP contribution in [0, 0.1) is 18.6 Å². The molecule has 1 aromatic rings. The number of benzene rings is 1. The molecule has 0 fully saturated rings. The number of hydrogen-bond acceptors (Lipinski definition) is 1. The molecule has 0 bridgehead atoms. The van der Waals surface area contributed by atoms with Gasteiger partial charge in [-0.1, -0.05) is 6.07 Å². The van der Waals surface area contributed by atoms with Crippen molar-refractivity contribution in [3.63, 3.8) is 0 Å². The van der Waals surface area contributed by atoms with Gasteiger partial charge in [-0.3, -0.25) is 4.79 Å². The quantitative estimate of drug-likeness (QED) is 0.765. The molecular weight excluding hydrogens is 178 g/mol. The summed E-state index contributed by atoms with van der Waals surface area (Å²) in [5.41, 5.74) is 0.355. The average Bonchev–Trinajstić information content (AvgIpc) is 2.06. The zero-order chi connectivity index (χ0) is 10.0. The minimum absolute atomic E-state index is 0.0578. The molecule has 0 saturated heterocycles. The zero-order valence-corrected chi connectivity index (χ0v) is 6.97. The van der Waals surface area contributed by atoms with Crippen molar-refractivity contribution in [2.24, 2.45) is 0 Å². The first kappa shape index (κ1) is 9.64. The van der Waals surface area contributed by atoms with Crippen LogP contribution >= 0.6 is 0 Å². The molecule has 0 aliphatic heterocycles.